The minimum Gasteiger partial charge on any atom is -0.329 e. The number of hydrogen-bond acceptors (Lipinski definition) is 5. The summed E-state index contributed by atoms with van der Waals surface area (Å²) < 4.78 is 0. The maximum Gasteiger partial charge on any atom is 0.186 e. The molecule has 84 valence electrons. The Labute approximate surface area is 103 Å². The first-order valence-corrected chi connectivity index (χ1v) is 5.55. The number of nitrogens with zero attached hydrogens (tertiary/aromatic N) is 4. The molecular weight excluding hydrogens is 234 g/mol. The van der Waals surface area contributed by atoms with Crippen molar-refractivity contribution in [2.24, 2.45) is 0 Å². The van der Waals surface area contributed by atoms with Crippen LogP contribution in [0.2, 0.25) is 0 Å². The molecule has 3 aromatic rings. The summed E-state index contributed by atoms with van der Waals surface area (Å²) in [4.78, 5) is 19.7. The van der Waals surface area contributed by atoms with Crippen molar-refractivity contribution in [2.75, 3.05) is 0 Å². The highest BCUT2D eigenvalue weighted by Crippen LogP contribution is 2.16. The van der Waals surface area contributed by atoms with Gasteiger partial charge in [0.05, 0.1) is 12.0 Å². The molecule has 3 rings (SSSR count). The molecule has 5 nitrogen and oxygen atoms in total. The van der Waals surface area contributed by atoms with Gasteiger partial charge < -0.3 is 4.98 Å². The molecule has 0 saturated heterocycles. The van der Waals surface area contributed by atoms with E-state index in [0.29, 0.717) is 17.2 Å². The number of thiol groups is 1. The fourth-order valence-electron chi connectivity index (χ4n) is 1.70. The molecule has 0 spiro atoms. The van der Waals surface area contributed by atoms with Gasteiger partial charge in [0, 0.05) is 18.8 Å². The maximum atomic E-state index is 4.31. The lowest BCUT2D eigenvalue weighted by molar-refractivity contribution is 0.932. The predicted octanol–water partition coefficient (Wildman–Crippen LogP) is 1.63. The molecule has 0 atom stereocenters. The van der Waals surface area contributed by atoms with Crippen LogP contribution in [-0.2, 0) is 6.42 Å². The SMILES string of the molecule is Sc1nc(Cc2cccnc2)c2nc[nH]c2n1. The van der Waals surface area contributed by atoms with Gasteiger partial charge in [0.2, 0.25) is 0 Å². The number of rotatable bonds is 2. The zero-order valence-corrected chi connectivity index (χ0v) is 9.72. The molecule has 17 heavy (non-hydrogen) atoms. The van der Waals surface area contributed by atoms with E-state index in [1.807, 2.05) is 18.3 Å². The quantitative estimate of drug-likeness (QED) is 0.530. The van der Waals surface area contributed by atoms with Crippen molar-refractivity contribution in [3.63, 3.8) is 0 Å². The molecule has 6 heteroatoms. The normalized spacial score (nSPS) is 10.9. The van der Waals surface area contributed by atoms with Gasteiger partial charge in [0.25, 0.3) is 0 Å². The first-order valence-electron chi connectivity index (χ1n) is 5.11. The molecule has 0 unspecified atom stereocenters. The van der Waals surface area contributed by atoms with Crippen LogP contribution in [0.3, 0.4) is 0 Å². The molecule has 3 heterocycles. The van der Waals surface area contributed by atoms with Crippen molar-refractivity contribution in [3.05, 3.63) is 42.1 Å². The van der Waals surface area contributed by atoms with Crippen molar-refractivity contribution in [1.82, 2.24) is 24.9 Å². The van der Waals surface area contributed by atoms with E-state index in [4.69, 9.17) is 0 Å². The zero-order chi connectivity index (χ0) is 11.7. The molecule has 0 aliphatic heterocycles. The highest BCUT2D eigenvalue weighted by molar-refractivity contribution is 7.80. The monoisotopic (exact) mass is 243 g/mol. The summed E-state index contributed by atoms with van der Waals surface area (Å²) in [6, 6.07) is 3.91. The number of aromatic nitrogens is 5. The molecular formula is C11H9N5S. The van der Waals surface area contributed by atoms with Crippen LogP contribution in [0.5, 0.6) is 0 Å². The van der Waals surface area contributed by atoms with E-state index in [-0.39, 0.29) is 0 Å². The van der Waals surface area contributed by atoms with Crippen LogP contribution in [0.1, 0.15) is 11.3 Å². The van der Waals surface area contributed by atoms with Crippen LogP contribution in [0, 0.1) is 0 Å². The lowest BCUT2D eigenvalue weighted by Gasteiger charge is -2.02. The first-order chi connectivity index (χ1) is 8.33. The van der Waals surface area contributed by atoms with Crippen molar-refractivity contribution in [1.29, 1.82) is 0 Å². The number of fused-ring (bicyclic) bond motifs is 1. The Bertz CT molecular complexity index is 649. The van der Waals surface area contributed by atoms with Gasteiger partial charge in [-0.25, -0.2) is 15.0 Å². The van der Waals surface area contributed by atoms with Gasteiger partial charge in [0.1, 0.15) is 5.52 Å². The van der Waals surface area contributed by atoms with Crippen LogP contribution < -0.4 is 0 Å². The van der Waals surface area contributed by atoms with Crippen molar-refractivity contribution >= 4 is 23.8 Å². The van der Waals surface area contributed by atoms with E-state index >= 15 is 0 Å². The second-order valence-electron chi connectivity index (χ2n) is 3.61. The summed E-state index contributed by atoms with van der Waals surface area (Å²) in [6.45, 7) is 0. The fourth-order valence-corrected chi connectivity index (χ4v) is 1.92. The average molecular weight is 243 g/mol. The minimum absolute atomic E-state index is 0.445. The van der Waals surface area contributed by atoms with Gasteiger partial charge in [0.15, 0.2) is 10.8 Å². The Morgan fingerprint density at radius 3 is 3.06 bits per heavy atom. The van der Waals surface area contributed by atoms with Gasteiger partial charge >= 0.3 is 0 Å². The third kappa shape index (κ3) is 1.99. The molecule has 0 aromatic carbocycles. The molecule has 0 radical (unpaired) electrons. The fraction of sp³-hybridized carbons (Fsp3) is 0.0909. The van der Waals surface area contributed by atoms with E-state index in [1.165, 1.54) is 0 Å². The third-order valence-corrected chi connectivity index (χ3v) is 2.63. The lowest BCUT2D eigenvalue weighted by Crippen LogP contribution is -1.97. The topological polar surface area (TPSA) is 67.3 Å². The van der Waals surface area contributed by atoms with Crippen molar-refractivity contribution in [3.8, 4) is 0 Å². The lowest BCUT2D eigenvalue weighted by atomic mass is 10.1. The van der Waals surface area contributed by atoms with Crippen molar-refractivity contribution < 1.29 is 0 Å². The van der Waals surface area contributed by atoms with Gasteiger partial charge in [-0.1, -0.05) is 6.07 Å². The number of hydrogen-bond donors (Lipinski definition) is 2. The Kier molecular flexibility index (Phi) is 2.49. The smallest absolute Gasteiger partial charge is 0.186 e. The van der Waals surface area contributed by atoms with E-state index in [9.17, 15) is 0 Å². The summed E-state index contributed by atoms with van der Waals surface area (Å²) in [6.07, 6.45) is 5.85. The van der Waals surface area contributed by atoms with E-state index in [2.05, 4.69) is 37.5 Å². The van der Waals surface area contributed by atoms with Gasteiger partial charge in [-0.15, -0.1) is 12.6 Å². The summed E-state index contributed by atoms with van der Waals surface area (Å²) in [7, 11) is 0. The first kappa shape index (κ1) is 10.2. The third-order valence-electron chi connectivity index (χ3n) is 2.43. The van der Waals surface area contributed by atoms with Crippen molar-refractivity contribution in [2.45, 2.75) is 11.6 Å². The molecule has 0 amide bonds. The Morgan fingerprint density at radius 2 is 2.24 bits per heavy atom. The largest absolute Gasteiger partial charge is 0.329 e. The molecule has 0 aliphatic rings. The summed E-state index contributed by atoms with van der Waals surface area (Å²) in [5.41, 5.74) is 3.44. The average Bonchev–Trinajstić information content (AvgIpc) is 2.78. The maximum absolute atomic E-state index is 4.31. The standard InChI is InChI=1S/C11H9N5S/c17-11-15-8(4-7-2-1-3-12-5-7)9-10(16-11)14-6-13-9/h1-3,5-6H,4H2,(H2,13,14,15,16,17). The minimum atomic E-state index is 0.445. The predicted molar refractivity (Wildman–Crippen MR) is 66.0 cm³/mol. The van der Waals surface area contributed by atoms with Crippen LogP contribution in [0.25, 0.3) is 11.2 Å². The van der Waals surface area contributed by atoms with E-state index in [0.717, 1.165) is 16.8 Å². The zero-order valence-electron chi connectivity index (χ0n) is 8.83. The van der Waals surface area contributed by atoms with Crippen LogP contribution >= 0.6 is 12.6 Å². The molecule has 0 fully saturated rings. The van der Waals surface area contributed by atoms with Gasteiger partial charge in [-0.2, -0.15) is 0 Å². The van der Waals surface area contributed by atoms with Crippen LogP contribution in [0.4, 0.5) is 0 Å². The van der Waals surface area contributed by atoms with E-state index < -0.39 is 0 Å². The second-order valence-corrected chi connectivity index (χ2v) is 4.01. The summed E-state index contributed by atoms with van der Waals surface area (Å²) >= 11 is 4.19. The van der Waals surface area contributed by atoms with E-state index in [1.54, 1.807) is 12.5 Å². The number of imidazole rings is 1. The molecule has 0 bridgehead atoms. The molecule has 0 saturated carbocycles. The molecule has 0 aliphatic carbocycles. The summed E-state index contributed by atoms with van der Waals surface area (Å²) in [5.74, 6) is 0. The van der Waals surface area contributed by atoms with Crippen LogP contribution in [0.15, 0.2) is 36.0 Å². The Morgan fingerprint density at radius 1 is 1.29 bits per heavy atom. The molecule has 1 N–H and O–H groups in total. The second kappa shape index (κ2) is 4.14. The number of aromatic amines is 1. The Balaban J connectivity index is 2.08. The Hall–Kier alpha value is -1.95. The number of pyridine rings is 1. The number of H-pyrrole nitrogens is 1. The highest BCUT2D eigenvalue weighted by Gasteiger charge is 2.09. The summed E-state index contributed by atoms with van der Waals surface area (Å²) in [5, 5.41) is 0.445. The highest BCUT2D eigenvalue weighted by atomic mass is 32.1. The van der Waals surface area contributed by atoms with Gasteiger partial charge in [-0.3, -0.25) is 4.98 Å². The van der Waals surface area contributed by atoms with Gasteiger partial charge in [-0.05, 0) is 11.6 Å². The molecule has 3 aromatic heterocycles. The number of nitrogens with one attached hydrogen (secondary N) is 1. The van der Waals surface area contributed by atoms with Crippen LogP contribution in [-0.4, -0.2) is 24.9 Å².